The van der Waals surface area contributed by atoms with Crippen LogP contribution in [0.5, 0.6) is 5.75 Å². The summed E-state index contributed by atoms with van der Waals surface area (Å²) in [4.78, 5) is 25.2. The van der Waals surface area contributed by atoms with Crippen LogP contribution in [0.3, 0.4) is 0 Å². The van der Waals surface area contributed by atoms with E-state index in [1.807, 2.05) is 0 Å². The lowest BCUT2D eigenvalue weighted by Gasteiger charge is -2.21. The van der Waals surface area contributed by atoms with Crippen LogP contribution in [0.2, 0.25) is 5.02 Å². The van der Waals surface area contributed by atoms with Gasteiger partial charge in [-0.3, -0.25) is 9.59 Å². The van der Waals surface area contributed by atoms with E-state index in [0.717, 1.165) is 0 Å². The standard InChI is InChI=1S/C15H16ClN3O4/c1-9-6-14(18-23-9)17-15(21)8-19(10(2)20)11-4-5-13(22-3)12(16)7-11/h4-7H,8H2,1-3H3,(H,17,18,21). The van der Waals surface area contributed by atoms with Crippen molar-refractivity contribution in [1.82, 2.24) is 5.16 Å². The summed E-state index contributed by atoms with van der Waals surface area (Å²) in [7, 11) is 1.50. The van der Waals surface area contributed by atoms with Crippen LogP contribution in [-0.2, 0) is 9.59 Å². The third-order valence-corrected chi connectivity index (χ3v) is 3.32. The van der Waals surface area contributed by atoms with E-state index < -0.39 is 5.91 Å². The molecule has 0 radical (unpaired) electrons. The third-order valence-electron chi connectivity index (χ3n) is 3.02. The number of carbonyl (C=O) groups excluding carboxylic acids is 2. The average Bonchev–Trinajstić information content (AvgIpc) is 2.89. The number of ether oxygens (including phenoxy) is 1. The minimum Gasteiger partial charge on any atom is -0.495 e. The molecule has 0 atom stereocenters. The summed E-state index contributed by atoms with van der Waals surface area (Å²) in [6.45, 7) is 2.90. The number of halogens is 1. The summed E-state index contributed by atoms with van der Waals surface area (Å²) in [5.74, 6) is 0.661. The Kier molecular flexibility index (Phi) is 5.23. The van der Waals surface area contributed by atoms with Crippen LogP contribution in [0.25, 0.3) is 0 Å². The van der Waals surface area contributed by atoms with Gasteiger partial charge in [0.25, 0.3) is 0 Å². The lowest BCUT2D eigenvalue weighted by atomic mass is 10.2. The lowest BCUT2D eigenvalue weighted by molar-refractivity contribution is -0.120. The van der Waals surface area contributed by atoms with Gasteiger partial charge in [0.05, 0.1) is 12.1 Å². The first-order valence-corrected chi connectivity index (χ1v) is 7.13. The second kappa shape index (κ2) is 7.15. The Morgan fingerprint density at radius 1 is 1.39 bits per heavy atom. The van der Waals surface area contributed by atoms with E-state index >= 15 is 0 Å². The molecule has 0 spiro atoms. The zero-order valence-electron chi connectivity index (χ0n) is 12.9. The zero-order chi connectivity index (χ0) is 17.0. The van der Waals surface area contributed by atoms with Crippen LogP contribution in [0.15, 0.2) is 28.8 Å². The van der Waals surface area contributed by atoms with E-state index in [2.05, 4.69) is 10.5 Å². The molecular weight excluding hydrogens is 322 g/mol. The Labute approximate surface area is 138 Å². The van der Waals surface area contributed by atoms with E-state index in [9.17, 15) is 9.59 Å². The number of hydrogen-bond acceptors (Lipinski definition) is 5. The van der Waals surface area contributed by atoms with Crippen LogP contribution in [-0.4, -0.2) is 30.6 Å². The number of hydrogen-bond donors (Lipinski definition) is 1. The molecule has 0 unspecified atom stereocenters. The predicted molar refractivity (Wildman–Crippen MR) is 85.9 cm³/mol. The van der Waals surface area contributed by atoms with Gasteiger partial charge in [-0.15, -0.1) is 0 Å². The second-order valence-electron chi connectivity index (χ2n) is 4.79. The molecule has 0 fully saturated rings. The topological polar surface area (TPSA) is 84.7 Å². The molecule has 0 aliphatic rings. The van der Waals surface area contributed by atoms with E-state index in [-0.39, 0.29) is 12.5 Å². The molecule has 2 aromatic rings. The van der Waals surface area contributed by atoms with Crippen LogP contribution in [0.4, 0.5) is 11.5 Å². The number of benzene rings is 1. The lowest BCUT2D eigenvalue weighted by Crippen LogP contribution is -2.36. The molecule has 0 bridgehead atoms. The number of nitrogens with zero attached hydrogens (tertiary/aromatic N) is 2. The van der Waals surface area contributed by atoms with Crippen molar-refractivity contribution in [2.75, 3.05) is 23.9 Å². The summed E-state index contributed by atoms with van der Waals surface area (Å²) >= 11 is 6.06. The van der Waals surface area contributed by atoms with Gasteiger partial charge >= 0.3 is 0 Å². The SMILES string of the molecule is COc1ccc(N(CC(=O)Nc2cc(C)on2)C(C)=O)cc1Cl. The monoisotopic (exact) mass is 337 g/mol. The van der Waals surface area contributed by atoms with Crippen LogP contribution < -0.4 is 15.0 Å². The molecule has 0 saturated heterocycles. The average molecular weight is 338 g/mol. The molecular formula is C15H16ClN3O4. The van der Waals surface area contributed by atoms with Crippen molar-refractivity contribution in [3.8, 4) is 5.75 Å². The first-order valence-electron chi connectivity index (χ1n) is 6.75. The van der Waals surface area contributed by atoms with E-state index in [1.54, 1.807) is 31.2 Å². The molecule has 0 saturated carbocycles. The molecule has 0 aliphatic heterocycles. The molecule has 7 nitrogen and oxygen atoms in total. The summed E-state index contributed by atoms with van der Waals surface area (Å²) in [6, 6.07) is 6.43. The molecule has 1 heterocycles. The van der Waals surface area contributed by atoms with Gasteiger partial charge in [-0.25, -0.2) is 0 Å². The number of carbonyl (C=O) groups is 2. The maximum absolute atomic E-state index is 12.1. The Bertz CT molecular complexity index is 729. The number of anilines is 2. The molecule has 1 aromatic heterocycles. The predicted octanol–water partition coefficient (Wildman–Crippen LogP) is 2.64. The van der Waals surface area contributed by atoms with Gasteiger partial charge in [-0.2, -0.15) is 0 Å². The minimum absolute atomic E-state index is 0.177. The summed E-state index contributed by atoms with van der Waals surface area (Å²) < 4.78 is 9.94. The molecule has 0 aliphatic carbocycles. The van der Waals surface area contributed by atoms with Gasteiger partial charge in [-0.1, -0.05) is 16.8 Å². The van der Waals surface area contributed by atoms with Gasteiger partial charge in [0, 0.05) is 18.7 Å². The zero-order valence-corrected chi connectivity index (χ0v) is 13.7. The summed E-state index contributed by atoms with van der Waals surface area (Å²) in [5, 5.41) is 6.58. The van der Waals surface area contributed by atoms with Gasteiger partial charge in [0.1, 0.15) is 18.1 Å². The smallest absolute Gasteiger partial charge is 0.245 e. The fourth-order valence-electron chi connectivity index (χ4n) is 1.96. The fourth-order valence-corrected chi connectivity index (χ4v) is 2.21. The molecule has 2 amide bonds. The minimum atomic E-state index is -0.402. The first kappa shape index (κ1) is 16.8. The molecule has 1 N–H and O–H groups in total. The molecule has 8 heteroatoms. The highest BCUT2D eigenvalue weighted by atomic mass is 35.5. The van der Waals surface area contributed by atoms with Crippen molar-refractivity contribution in [3.63, 3.8) is 0 Å². The number of nitrogens with one attached hydrogen (secondary N) is 1. The van der Waals surface area contributed by atoms with Gasteiger partial charge in [0.2, 0.25) is 11.8 Å². The third kappa shape index (κ3) is 4.23. The fraction of sp³-hybridized carbons (Fsp3) is 0.267. The Morgan fingerprint density at radius 3 is 2.65 bits per heavy atom. The van der Waals surface area contributed by atoms with E-state index in [0.29, 0.717) is 28.0 Å². The van der Waals surface area contributed by atoms with Crippen LogP contribution >= 0.6 is 11.6 Å². The van der Waals surface area contributed by atoms with Crippen molar-refractivity contribution >= 4 is 34.9 Å². The van der Waals surface area contributed by atoms with E-state index in [1.165, 1.54) is 18.9 Å². The quantitative estimate of drug-likeness (QED) is 0.906. The first-order chi connectivity index (χ1) is 10.9. The van der Waals surface area contributed by atoms with Crippen molar-refractivity contribution in [2.45, 2.75) is 13.8 Å². The Balaban J connectivity index is 2.13. The summed E-state index contributed by atoms with van der Waals surface area (Å²) in [6.07, 6.45) is 0. The van der Waals surface area contributed by atoms with E-state index in [4.69, 9.17) is 20.9 Å². The highest BCUT2D eigenvalue weighted by Crippen LogP contribution is 2.29. The highest BCUT2D eigenvalue weighted by Gasteiger charge is 2.18. The Hall–Kier alpha value is -2.54. The van der Waals surface area contributed by atoms with Crippen LogP contribution in [0.1, 0.15) is 12.7 Å². The number of rotatable bonds is 5. The second-order valence-corrected chi connectivity index (χ2v) is 5.20. The molecule has 122 valence electrons. The van der Waals surface area contributed by atoms with Crippen molar-refractivity contribution in [2.24, 2.45) is 0 Å². The van der Waals surface area contributed by atoms with Gasteiger partial charge < -0.3 is 19.5 Å². The highest BCUT2D eigenvalue weighted by molar-refractivity contribution is 6.32. The normalized spacial score (nSPS) is 10.3. The number of aryl methyl sites for hydroxylation is 1. The number of methoxy groups -OCH3 is 1. The van der Waals surface area contributed by atoms with Crippen molar-refractivity contribution in [3.05, 3.63) is 35.0 Å². The van der Waals surface area contributed by atoms with Crippen LogP contribution in [0, 0.1) is 6.92 Å². The maximum Gasteiger partial charge on any atom is 0.245 e. The van der Waals surface area contributed by atoms with Crippen molar-refractivity contribution in [1.29, 1.82) is 0 Å². The number of aromatic nitrogens is 1. The Morgan fingerprint density at radius 2 is 2.13 bits per heavy atom. The van der Waals surface area contributed by atoms with Gasteiger partial charge in [0.15, 0.2) is 5.82 Å². The molecule has 1 aromatic carbocycles. The van der Waals surface area contributed by atoms with Gasteiger partial charge in [-0.05, 0) is 25.1 Å². The molecule has 23 heavy (non-hydrogen) atoms. The maximum atomic E-state index is 12.1. The van der Waals surface area contributed by atoms with Crippen molar-refractivity contribution < 1.29 is 18.8 Å². The summed E-state index contributed by atoms with van der Waals surface area (Å²) in [5.41, 5.74) is 0.495. The molecule has 2 rings (SSSR count). The number of amides is 2. The largest absolute Gasteiger partial charge is 0.495 e.